The molecule has 0 aliphatic rings. The molecule has 1 aromatic heterocycles. The number of nitrogens with zero attached hydrogens (tertiary/aromatic N) is 1. The summed E-state index contributed by atoms with van der Waals surface area (Å²) in [4.78, 5) is 4.22. The Bertz CT molecular complexity index is 570. The van der Waals surface area contributed by atoms with E-state index in [2.05, 4.69) is 16.4 Å². The lowest BCUT2D eigenvalue weighted by molar-refractivity contribution is 0.591. The lowest BCUT2D eigenvalue weighted by atomic mass is 9.99. The summed E-state index contributed by atoms with van der Waals surface area (Å²) in [6, 6.07) is 10.1. The van der Waals surface area contributed by atoms with Crippen LogP contribution in [0, 0.1) is 6.92 Å². The fourth-order valence-electron chi connectivity index (χ4n) is 2.07. The maximum absolute atomic E-state index is 6.05. The quantitative estimate of drug-likeness (QED) is 0.914. The van der Waals surface area contributed by atoms with Gasteiger partial charge in [-0.25, -0.2) is 0 Å². The number of likely N-dealkylation sites (N-methyl/N-ethyl adjacent to an activating group) is 1. The highest BCUT2D eigenvalue weighted by Gasteiger charge is 2.11. The van der Waals surface area contributed by atoms with Gasteiger partial charge in [0.15, 0.2) is 0 Å². The predicted molar refractivity (Wildman–Crippen MR) is 80.9 cm³/mol. The maximum Gasteiger partial charge on any atom is 0.0595 e. The van der Waals surface area contributed by atoms with E-state index in [1.54, 1.807) is 0 Å². The minimum atomic E-state index is 0.235. The minimum absolute atomic E-state index is 0.235. The lowest BCUT2D eigenvalue weighted by Crippen LogP contribution is -2.19. The Labute approximate surface area is 123 Å². The van der Waals surface area contributed by atoms with Gasteiger partial charge in [-0.05, 0) is 55.8 Å². The van der Waals surface area contributed by atoms with Crippen molar-refractivity contribution in [2.45, 2.75) is 19.4 Å². The molecule has 0 saturated heterocycles. The van der Waals surface area contributed by atoms with Gasteiger partial charge in [-0.1, -0.05) is 29.3 Å². The molecule has 0 radical (unpaired) electrons. The monoisotopic (exact) mass is 294 g/mol. The molecule has 19 heavy (non-hydrogen) atoms. The molecule has 2 aromatic rings. The molecule has 0 aliphatic carbocycles. The fourth-order valence-corrected chi connectivity index (χ4v) is 2.39. The van der Waals surface area contributed by atoms with Crippen molar-refractivity contribution in [2.24, 2.45) is 0 Å². The van der Waals surface area contributed by atoms with Crippen molar-refractivity contribution in [1.29, 1.82) is 0 Å². The highest BCUT2D eigenvalue weighted by molar-refractivity contribution is 6.42. The summed E-state index contributed by atoms with van der Waals surface area (Å²) >= 11 is 12.0. The van der Waals surface area contributed by atoms with Gasteiger partial charge in [0.2, 0.25) is 0 Å². The van der Waals surface area contributed by atoms with E-state index < -0.39 is 0 Å². The van der Waals surface area contributed by atoms with Crippen molar-refractivity contribution in [2.75, 3.05) is 7.05 Å². The molecule has 4 heteroatoms. The second kappa shape index (κ2) is 6.38. The van der Waals surface area contributed by atoms with Gasteiger partial charge >= 0.3 is 0 Å². The Balaban J connectivity index is 2.21. The van der Waals surface area contributed by atoms with Crippen molar-refractivity contribution in [3.8, 4) is 0 Å². The highest BCUT2D eigenvalue weighted by Crippen LogP contribution is 2.25. The van der Waals surface area contributed by atoms with Crippen LogP contribution in [0.5, 0.6) is 0 Å². The predicted octanol–water partition coefficient (Wildman–Crippen LogP) is 4.20. The molecular formula is C15H16Cl2N2. The number of aryl methyl sites for hydroxylation is 1. The number of hydrogen-bond donors (Lipinski definition) is 1. The topological polar surface area (TPSA) is 24.9 Å². The van der Waals surface area contributed by atoms with E-state index in [4.69, 9.17) is 23.2 Å². The number of halogens is 2. The zero-order valence-corrected chi connectivity index (χ0v) is 12.5. The van der Waals surface area contributed by atoms with Crippen LogP contribution in [-0.2, 0) is 6.42 Å². The lowest BCUT2D eigenvalue weighted by Gasteiger charge is -2.17. The molecule has 2 rings (SSSR count). The van der Waals surface area contributed by atoms with Gasteiger partial charge in [0.25, 0.3) is 0 Å². The summed E-state index contributed by atoms with van der Waals surface area (Å²) in [5, 5.41) is 4.51. The van der Waals surface area contributed by atoms with E-state index in [9.17, 15) is 0 Å². The zero-order chi connectivity index (χ0) is 13.8. The summed E-state index contributed by atoms with van der Waals surface area (Å²) in [6.07, 6.45) is 2.70. The van der Waals surface area contributed by atoms with Gasteiger partial charge in [-0.2, -0.15) is 0 Å². The van der Waals surface area contributed by atoms with Gasteiger partial charge in [0.05, 0.1) is 10.0 Å². The molecule has 1 atom stereocenters. The molecule has 0 fully saturated rings. The van der Waals surface area contributed by atoms with E-state index in [0.717, 1.165) is 17.7 Å². The van der Waals surface area contributed by atoms with Gasteiger partial charge in [0, 0.05) is 17.9 Å². The fraction of sp³-hybridized carbons (Fsp3) is 0.267. The van der Waals surface area contributed by atoms with Crippen molar-refractivity contribution in [3.05, 3.63) is 63.4 Å². The number of pyridine rings is 1. The van der Waals surface area contributed by atoms with Crippen molar-refractivity contribution >= 4 is 23.2 Å². The summed E-state index contributed by atoms with van der Waals surface area (Å²) in [7, 11) is 1.96. The van der Waals surface area contributed by atoms with Crippen LogP contribution in [0.2, 0.25) is 10.0 Å². The number of benzene rings is 1. The highest BCUT2D eigenvalue weighted by atomic mass is 35.5. The SMILES string of the molecule is CNC(Cc1ccc(Cl)c(Cl)c1)c1ccnc(C)c1. The average molecular weight is 295 g/mol. The number of aromatic nitrogens is 1. The van der Waals surface area contributed by atoms with Crippen molar-refractivity contribution in [1.82, 2.24) is 10.3 Å². The minimum Gasteiger partial charge on any atom is -0.313 e. The van der Waals surface area contributed by atoms with Crippen LogP contribution in [-0.4, -0.2) is 12.0 Å². The van der Waals surface area contributed by atoms with Crippen molar-refractivity contribution < 1.29 is 0 Å². The Kier molecular flexibility index (Phi) is 4.81. The average Bonchev–Trinajstić information content (AvgIpc) is 2.40. The molecule has 0 aliphatic heterocycles. The zero-order valence-electron chi connectivity index (χ0n) is 11.0. The first-order valence-corrected chi connectivity index (χ1v) is 6.89. The molecule has 0 amide bonds. The van der Waals surface area contributed by atoms with Crippen LogP contribution < -0.4 is 5.32 Å². The molecule has 1 aromatic carbocycles. The van der Waals surface area contributed by atoms with Crippen LogP contribution in [0.4, 0.5) is 0 Å². The largest absolute Gasteiger partial charge is 0.313 e. The second-order valence-corrected chi connectivity index (χ2v) is 5.34. The van der Waals surface area contributed by atoms with E-state index in [1.165, 1.54) is 5.56 Å². The van der Waals surface area contributed by atoms with Crippen LogP contribution >= 0.6 is 23.2 Å². The Morgan fingerprint density at radius 3 is 2.58 bits per heavy atom. The van der Waals surface area contributed by atoms with Gasteiger partial charge in [-0.3, -0.25) is 4.98 Å². The molecule has 0 spiro atoms. The first-order chi connectivity index (χ1) is 9.10. The van der Waals surface area contributed by atoms with Crippen LogP contribution in [0.3, 0.4) is 0 Å². The summed E-state index contributed by atoms with van der Waals surface area (Å²) < 4.78 is 0. The van der Waals surface area contributed by atoms with E-state index in [0.29, 0.717) is 10.0 Å². The van der Waals surface area contributed by atoms with Gasteiger partial charge in [0.1, 0.15) is 0 Å². The standard InChI is InChI=1S/C15H16Cl2N2/c1-10-7-12(5-6-19-10)15(18-2)9-11-3-4-13(16)14(17)8-11/h3-8,15,18H,9H2,1-2H3. The van der Waals surface area contributed by atoms with E-state index in [-0.39, 0.29) is 6.04 Å². The summed E-state index contributed by atoms with van der Waals surface area (Å²) in [6.45, 7) is 2.00. The molecular weight excluding hydrogens is 279 g/mol. The molecule has 1 unspecified atom stereocenters. The van der Waals surface area contributed by atoms with Gasteiger partial charge < -0.3 is 5.32 Å². The molecule has 0 saturated carbocycles. The number of nitrogens with one attached hydrogen (secondary N) is 1. The molecule has 1 N–H and O–H groups in total. The van der Waals surface area contributed by atoms with Crippen molar-refractivity contribution in [3.63, 3.8) is 0 Å². The smallest absolute Gasteiger partial charge is 0.0595 e. The summed E-state index contributed by atoms with van der Waals surface area (Å²) in [5.74, 6) is 0. The third-order valence-corrected chi connectivity index (χ3v) is 3.83. The first kappa shape index (κ1) is 14.3. The Hall–Kier alpha value is -1.09. The number of hydrogen-bond acceptors (Lipinski definition) is 2. The van der Waals surface area contributed by atoms with E-state index >= 15 is 0 Å². The molecule has 100 valence electrons. The number of rotatable bonds is 4. The second-order valence-electron chi connectivity index (χ2n) is 4.52. The normalized spacial score (nSPS) is 12.4. The van der Waals surface area contributed by atoms with E-state index in [1.807, 2.05) is 44.4 Å². The molecule has 2 nitrogen and oxygen atoms in total. The third kappa shape index (κ3) is 3.69. The molecule has 0 bridgehead atoms. The Morgan fingerprint density at radius 1 is 1.16 bits per heavy atom. The van der Waals surface area contributed by atoms with Gasteiger partial charge in [-0.15, -0.1) is 0 Å². The van der Waals surface area contributed by atoms with Crippen LogP contribution in [0.1, 0.15) is 22.9 Å². The molecule has 1 heterocycles. The summed E-state index contributed by atoms with van der Waals surface area (Å²) in [5.41, 5.74) is 3.40. The Morgan fingerprint density at radius 2 is 1.95 bits per heavy atom. The van der Waals surface area contributed by atoms with Crippen LogP contribution in [0.15, 0.2) is 36.5 Å². The third-order valence-electron chi connectivity index (χ3n) is 3.10. The first-order valence-electron chi connectivity index (χ1n) is 6.14. The maximum atomic E-state index is 6.05. The van der Waals surface area contributed by atoms with Crippen LogP contribution in [0.25, 0.3) is 0 Å².